The molecule has 5 nitrogen and oxygen atoms in total. The summed E-state index contributed by atoms with van der Waals surface area (Å²) in [5.74, 6) is 0.762. The zero-order valence-corrected chi connectivity index (χ0v) is 16.9. The highest BCUT2D eigenvalue weighted by Crippen LogP contribution is 2.41. The summed E-state index contributed by atoms with van der Waals surface area (Å²) in [4.78, 5) is 9.33. The van der Waals surface area contributed by atoms with Crippen molar-refractivity contribution in [3.05, 3.63) is 65.0 Å². The van der Waals surface area contributed by atoms with Crippen LogP contribution in [0.5, 0.6) is 5.75 Å². The Bertz CT molecular complexity index is 1000. The average molecular weight is 377 g/mol. The molecule has 0 aliphatic carbocycles. The van der Waals surface area contributed by atoms with Crippen LogP contribution in [-0.4, -0.2) is 33.3 Å². The summed E-state index contributed by atoms with van der Waals surface area (Å²) < 4.78 is 6.15. The molecule has 0 saturated carbocycles. The molecule has 3 aromatic rings. The average Bonchev–Trinajstić information content (AvgIpc) is 2.66. The predicted molar refractivity (Wildman–Crippen MR) is 111 cm³/mol. The molecule has 0 spiro atoms. The molecule has 2 heterocycles. The van der Waals surface area contributed by atoms with Crippen molar-refractivity contribution >= 4 is 11.0 Å². The smallest absolute Gasteiger partial charge is 0.131 e. The molecule has 0 radical (unpaired) electrons. The number of aryl methyl sites for hydroxylation is 2. The molecular weight excluding hydrogens is 350 g/mol. The van der Waals surface area contributed by atoms with Crippen LogP contribution in [0.1, 0.15) is 42.4 Å². The van der Waals surface area contributed by atoms with Crippen LogP contribution >= 0.6 is 0 Å². The van der Waals surface area contributed by atoms with Crippen LogP contribution in [0.15, 0.2) is 42.5 Å². The third-order valence-electron chi connectivity index (χ3n) is 5.56. The van der Waals surface area contributed by atoms with Gasteiger partial charge in [0.25, 0.3) is 0 Å². The first kappa shape index (κ1) is 18.8. The summed E-state index contributed by atoms with van der Waals surface area (Å²) in [7, 11) is 0. The summed E-state index contributed by atoms with van der Waals surface area (Å²) in [6.07, 6.45) is 0.222. The van der Waals surface area contributed by atoms with Crippen LogP contribution < -0.4 is 10.1 Å². The molecule has 2 atom stereocenters. The second-order valence-electron chi connectivity index (χ2n) is 8.09. The number of ether oxygens (including phenoxy) is 1. The van der Waals surface area contributed by atoms with E-state index >= 15 is 0 Å². The lowest BCUT2D eigenvalue weighted by Crippen LogP contribution is -2.52. The van der Waals surface area contributed by atoms with E-state index in [9.17, 15) is 5.11 Å². The van der Waals surface area contributed by atoms with Crippen LogP contribution in [0.4, 0.5) is 0 Å². The van der Waals surface area contributed by atoms with Crippen LogP contribution in [-0.2, 0) is 6.42 Å². The highest BCUT2D eigenvalue weighted by molar-refractivity contribution is 5.78. The van der Waals surface area contributed by atoms with Gasteiger partial charge in [-0.1, -0.05) is 30.3 Å². The number of hydrogen-bond acceptors (Lipinski definition) is 5. The van der Waals surface area contributed by atoms with Gasteiger partial charge in [0.15, 0.2) is 0 Å². The molecule has 0 saturated heterocycles. The summed E-state index contributed by atoms with van der Waals surface area (Å²) in [5.41, 5.74) is 4.98. The van der Waals surface area contributed by atoms with Gasteiger partial charge in [-0.2, -0.15) is 0 Å². The number of benzene rings is 2. The Morgan fingerprint density at radius 1 is 1.04 bits per heavy atom. The normalized spacial score (nSPS) is 20.6. The number of fused-ring (bicyclic) bond motifs is 2. The maximum Gasteiger partial charge on any atom is 0.131 e. The van der Waals surface area contributed by atoms with E-state index in [1.165, 1.54) is 5.56 Å². The standard InChI is InChI=1S/C23H27N3O2/c1-14-15(2)26-19-13-20-17(12-18(19)25-14)21(22(27)23(3,4)28-20)24-11-10-16-8-6-5-7-9-16/h5-9,12-13,21-22,24,27H,10-11H2,1-4H3/t21-,22+/m0/s1. The van der Waals surface area contributed by atoms with Crippen LogP contribution in [0.2, 0.25) is 0 Å². The van der Waals surface area contributed by atoms with Crippen molar-refractivity contribution in [1.82, 2.24) is 15.3 Å². The Morgan fingerprint density at radius 3 is 2.36 bits per heavy atom. The second kappa shape index (κ2) is 7.15. The van der Waals surface area contributed by atoms with Gasteiger partial charge in [-0.3, -0.25) is 0 Å². The fourth-order valence-electron chi connectivity index (χ4n) is 3.76. The van der Waals surface area contributed by atoms with Crippen molar-refractivity contribution in [2.75, 3.05) is 6.54 Å². The number of rotatable bonds is 4. The Labute approximate surface area is 165 Å². The fraction of sp³-hybridized carbons (Fsp3) is 0.391. The lowest BCUT2D eigenvalue weighted by atomic mass is 9.86. The van der Waals surface area contributed by atoms with E-state index in [-0.39, 0.29) is 6.04 Å². The quantitative estimate of drug-likeness (QED) is 0.726. The highest BCUT2D eigenvalue weighted by Gasteiger charge is 2.42. The minimum atomic E-state index is -0.696. The third-order valence-corrected chi connectivity index (χ3v) is 5.56. The van der Waals surface area contributed by atoms with E-state index in [0.717, 1.165) is 46.7 Å². The molecule has 2 aromatic carbocycles. The molecule has 28 heavy (non-hydrogen) atoms. The molecule has 0 amide bonds. The number of hydrogen-bond donors (Lipinski definition) is 2. The van der Waals surface area contributed by atoms with Crippen molar-refractivity contribution in [2.45, 2.75) is 51.9 Å². The Morgan fingerprint density at radius 2 is 1.68 bits per heavy atom. The minimum absolute atomic E-state index is 0.227. The van der Waals surface area contributed by atoms with Crippen molar-refractivity contribution in [3.8, 4) is 5.75 Å². The topological polar surface area (TPSA) is 67.3 Å². The van der Waals surface area contributed by atoms with Crippen LogP contribution in [0.3, 0.4) is 0 Å². The molecule has 1 aliphatic heterocycles. The first-order valence-electron chi connectivity index (χ1n) is 9.78. The van der Waals surface area contributed by atoms with E-state index in [4.69, 9.17) is 4.74 Å². The Balaban J connectivity index is 1.67. The molecule has 5 heteroatoms. The Hall–Kier alpha value is -2.50. The summed E-state index contributed by atoms with van der Waals surface area (Å²) >= 11 is 0. The van der Waals surface area contributed by atoms with Gasteiger partial charge in [0.2, 0.25) is 0 Å². The predicted octanol–water partition coefficient (Wildman–Crippen LogP) is 3.65. The molecular formula is C23H27N3O2. The highest BCUT2D eigenvalue weighted by atomic mass is 16.5. The van der Waals surface area contributed by atoms with Crippen LogP contribution in [0.25, 0.3) is 11.0 Å². The molecule has 1 aromatic heterocycles. The zero-order valence-electron chi connectivity index (χ0n) is 16.9. The van der Waals surface area contributed by atoms with Gasteiger partial charge in [0, 0.05) is 11.6 Å². The molecule has 0 fully saturated rings. The molecule has 1 aliphatic rings. The largest absolute Gasteiger partial charge is 0.485 e. The van der Waals surface area contributed by atoms with Gasteiger partial charge in [-0.15, -0.1) is 0 Å². The maximum atomic E-state index is 11.0. The first-order valence-corrected chi connectivity index (χ1v) is 9.78. The monoisotopic (exact) mass is 377 g/mol. The van der Waals surface area contributed by atoms with E-state index in [0.29, 0.717) is 0 Å². The summed E-state index contributed by atoms with van der Waals surface area (Å²) in [6.45, 7) is 8.53. The van der Waals surface area contributed by atoms with Gasteiger partial charge in [0.1, 0.15) is 17.5 Å². The number of nitrogens with zero attached hydrogens (tertiary/aromatic N) is 2. The molecule has 4 rings (SSSR count). The van der Waals surface area contributed by atoms with E-state index in [1.807, 2.05) is 58.0 Å². The van der Waals surface area contributed by atoms with E-state index < -0.39 is 11.7 Å². The number of aromatic nitrogens is 2. The number of aliphatic hydroxyl groups excluding tert-OH is 1. The van der Waals surface area contributed by atoms with Gasteiger partial charge in [-0.05, 0) is 52.3 Å². The SMILES string of the molecule is Cc1nc2cc3c(cc2nc1C)[C@H](NCCc1ccccc1)[C@@H](O)C(C)(C)O3. The van der Waals surface area contributed by atoms with Gasteiger partial charge in [-0.25, -0.2) is 9.97 Å². The third kappa shape index (κ3) is 3.48. The lowest BCUT2D eigenvalue weighted by Gasteiger charge is -2.42. The summed E-state index contributed by atoms with van der Waals surface area (Å²) in [5, 5.41) is 14.5. The van der Waals surface area contributed by atoms with Crippen molar-refractivity contribution in [3.63, 3.8) is 0 Å². The molecule has 0 unspecified atom stereocenters. The molecule has 0 bridgehead atoms. The maximum absolute atomic E-state index is 11.0. The van der Waals surface area contributed by atoms with Crippen molar-refractivity contribution in [1.29, 1.82) is 0 Å². The van der Waals surface area contributed by atoms with Gasteiger partial charge >= 0.3 is 0 Å². The van der Waals surface area contributed by atoms with E-state index in [1.54, 1.807) is 0 Å². The summed E-state index contributed by atoms with van der Waals surface area (Å²) in [6, 6.07) is 14.1. The molecule has 2 N–H and O–H groups in total. The Kier molecular flexibility index (Phi) is 4.81. The van der Waals surface area contributed by atoms with Gasteiger partial charge < -0.3 is 15.2 Å². The number of nitrogens with one attached hydrogen (secondary N) is 1. The molecule has 146 valence electrons. The second-order valence-corrected chi connectivity index (χ2v) is 8.09. The fourth-order valence-corrected chi connectivity index (χ4v) is 3.76. The van der Waals surface area contributed by atoms with Gasteiger partial charge in [0.05, 0.1) is 28.5 Å². The van der Waals surface area contributed by atoms with Crippen molar-refractivity contribution < 1.29 is 9.84 Å². The minimum Gasteiger partial charge on any atom is -0.485 e. The van der Waals surface area contributed by atoms with Crippen molar-refractivity contribution in [2.24, 2.45) is 0 Å². The van der Waals surface area contributed by atoms with Crippen LogP contribution in [0, 0.1) is 13.8 Å². The zero-order chi connectivity index (χ0) is 19.9. The van der Waals surface area contributed by atoms with E-state index in [2.05, 4.69) is 27.4 Å². The number of aliphatic hydroxyl groups is 1. The lowest BCUT2D eigenvalue weighted by molar-refractivity contribution is -0.0642. The first-order chi connectivity index (χ1) is 13.3.